The molecule has 34 heavy (non-hydrogen) atoms. The highest BCUT2D eigenvalue weighted by atomic mass is 32.1. The quantitative estimate of drug-likeness (QED) is 0.335. The third kappa shape index (κ3) is 4.99. The van der Waals surface area contributed by atoms with Crippen LogP contribution in [-0.4, -0.2) is 46.7 Å². The number of carbonyl (C=O) groups excluding carboxylic acids is 1. The van der Waals surface area contributed by atoms with E-state index in [-0.39, 0.29) is 0 Å². The summed E-state index contributed by atoms with van der Waals surface area (Å²) in [7, 11) is 3.15. The predicted octanol–water partition coefficient (Wildman–Crippen LogP) is 4.34. The number of hydrogen-bond donors (Lipinski definition) is 2. The van der Waals surface area contributed by atoms with Crippen molar-refractivity contribution in [3.8, 4) is 11.5 Å². The van der Waals surface area contributed by atoms with Crippen LogP contribution >= 0.6 is 11.3 Å². The number of nitrogens with zero attached hydrogens (tertiary/aromatic N) is 4. The first-order valence-corrected chi connectivity index (χ1v) is 11.3. The second-order valence-electron chi connectivity index (χ2n) is 7.11. The number of pyridine rings is 1. The molecule has 0 unspecified atom stereocenters. The number of thiazole rings is 1. The van der Waals surface area contributed by atoms with E-state index in [4.69, 9.17) is 14.2 Å². The lowest BCUT2D eigenvalue weighted by atomic mass is 10.2. The van der Waals surface area contributed by atoms with Gasteiger partial charge in [0.2, 0.25) is 5.95 Å². The van der Waals surface area contributed by atoms with E-state index < -0.39 is 5.97 Å². The molecule has 0 saturated carbocycles. The zero-order valence-electron chi connectivity index (χ0n) is 19.2. The molecule has 2 N–H and O–H groups in total. The van der Waals surface area contributed by atoms with Crippen molar-refractivity contribution in [2.45, 2.75) is 20.4 Å². The summed E-state index contributed by atoms with van der Waals surface area (Å²) < 4.78 is 16.0. The number of rotatable bonds is 9. The van der Waals surface area contributed by atoms with Gasteiger partial charge in [0.25, 0.3) is 0 Å². The summed E-state index contributed by atoms with van der Waals surface area (Å²) >= 11 is 1.19. The molecule has 176 valence electrons. The maximum atomic E-state index is 12.2. The Labute approximate surface area is 200 Å². The number of carbonyl (C=O) groups is 1. The number of methoxy groups -OCH3 is 2. The topological polar surface area (TPSA) is 120 Å². The zero-order valence-corrected chi connectivity index (χ0v) is 20.0. The summed E-state index contributed by atoms with van der Waals surface area (Å²) in [6.07, 6.45) is 3.48. The molecule has 0 aliphatic carbocycles. The van der Waals surface area contributed by atoms with Crippen LogP contribution in [0.2, 0.25) is 0 Å². The number of hydrogen-bond acceptors (Lipinski definition) is 11. The summed E-state index contributed by atoms with van der Waals surface area (Å²) in [6, 6.07) is 7.47. The SMILES string of the molecule is CCOC(=O)c1sc(Nc2nc(NCc3ccncc3)c3cc(OC)c(OC)cc3n2)nc1C. The van der Waals surface area contributed by atoms with Gasteiger partial charge in [-0.1, -0.05) is 11.3 Å². The average Bonchev–Trinajstić information content (AvgIpc) is 3.22. The van der Waals surface area contributed by atoms with Crippen LogP contribution < -0.4 is 20.1 Å². The Hall–Kier alpha value is -3.99. The lowest BCUT2D eigenvalue weighted by Gasteiger charge is -2.14. The minimum Gasteiger partial charge on any atom is -0.493 e. The van der Waals surface area contributed by atoms with Gasteiger partial charge in [0.05, 0.1) is 32.0 Å². The van der Waals surface area contributed by atoms with E-state index in [9.17, 15) is 4.79 Å². The second kappa shape index (κ2) is 10.3. The molecule has 0 radical (unpaired) electrons. The maximum absolute atomic E-state index is 12.2. The van der Waals surface area contributed by atoms with E-state index in [2.05, 4.69) is 30.6 Å². The van der Waals surface area contributed by atoms with Gasteiger partial charge in [-0.15, -0.1) is 0 Å². The standard InChI is InChI=1S/C23H24N6O4S/c1-5-33-21(30)19-13(2)26-23(34-19)29-22-27-16-11-18(32-4)17(31-3)10-15(16)20(28-22)25-12-14-6-8-24-9-7-14/h6-11H,5,12H2,1-4H3,(H2,25,26,27,28,29). The maximum Gasteiger partial charge on any atom is 0.350 e. The second-order valence-corrected chi connectivity index (χ2v) is 8.11. The van der Waals surface area contributed by atoms with Crippen LogP contribution in [0.4, 0.5) is 16.9 Å². The van der Waals surface area contributed by atoms with Crippen LogP contribution in [0.15, 0.2) is 36.7 Å². The summed E-state index contributed by atoms with van der Waals surface area (Å²) in [4.78, 5) is 30.4. The number of anilines is 3. The van der Waals surface area contributed by atoms with E-state index in [0.717, 1.165) is 10.9 Å². The van der Waals surface area contributed by atoms with Crippen LogP contribution in [0.25, 0.3) is 10.9 Å². The van der Waals surface area contributed by atoms with Crippen LogP contribution in [0.1, 0.15) is 27.9 Å². The van der Waals surface area contributed by atoms with Crippen LogP contribution in [-0.2, 0) is 11.3 Å². The minimum atomic E-state index is -0.401. The van der Waals surface area contributed by atoms with Gasteiger partial charge in [0.1, 0.15) is 10.7 Å². The molecule has 3 aromatic heterocycles. The first kappa shape index (κ1) is 23.2. The average molecular weight is 481 g/mol. The van der Waals surface area contributed by atoms with Gasteiger partial charge in [-0.2, -0.15) is 4.98 Å². The summed E-state index contributed by atoms with van der Waals surface area (Å²) in [5.74, 6) is 1.64. The van der Waals surface area contributed by atoms with Crippen LogP contribution in [0.3, 0.4) is 0 Å². The fourth-order valence-corrected chi connectivity index (χ4v) is 4.12. The number of benzene rings is 1. The Bertz CT molecular complexity index is 1310. The van der Waals surface area contributed by atoms with Gasteiger partial charge >= 0.3 is 5.97 Å². The number of aryl methyl sites for hydroxylation is 1. The summed E-state index contributed by atoms with van der Waals surface area (Å²) in [5.41, 5.74) is 2.27. The molecule has 0 aliphatic heterocycles. The number of nitrogens with one attached hydrogen (secondary N) is 2. The Kier molecular flexibility index (Phi) is 7.02. The molecule has 0 saturated heterocycles. The lowest BCUT2D eigenvalue weighted by molar-refractivity contribution is 0.0531. The highest BCUT2D eigenvalue weighted by Gasteiger charge is 2.18. The molecule has 0 fully saturated rings. The third-order valence-electron chi connectivity index (χ3n) is 4.89. The molecule has 11 heteroatoms. The van der Waals surface area contributed by atoms with Crippen molar-refractivity contribution >= 4 is 45.1 Å². The van der Waals surface area contributed by atoms with Crippen molar-refractivity contribution in [3.63, 3.8) is 0 Å². The van der Waals surface area contributed by atoms with Crippen LogP contribution in [0, 0.1) is 6.92 Å². The molecule has 10 nitrogen and oxygen atoms in total. The van der Waals surface area contributed by atoms with E-state index in [1.165, 1.54) is 11.3 Å². The van der Waals surface area contributed by atoms with E-state index in [0.29, 0.717) is 57.6 Å². The Balaban J connectivity index is 1.72. The molecular weight excluding hydrogens is 456 g/mol. The minimum absolute atomic E-state index is 0.296. The van der Waals surface area contributed by atoms with Crippen LogP contribution in [0.5, 0.6) is 11.5 Å². The number of aromatic nitrogens is 4. The van der Waals surface area contributed by atoms with E-state index >= 15 is 0 Å². The van der Waals surface area contributed by atoms with Crippen molar-refractivity contribution in [3.05, 3.63) is 52.8 Å². The smallest absolute Gasteiger partial charge is 0.350 e. The van der Waals surface area contributed by atoms with Gasteiger partial charge < -0.3 is 19.5 Å². The highest BCUT2D eigenvalue weighted by molar-refractivity contribution is 7.17. The zero-order chi connectivity index (χ0) is 24.1. The predicted molar refractivity (Wildman–Crippen MR) is 130 cm³/mol. The fourth-order valence-electron chi connectivity index (χ4n) is 3.26. The summed E-state index contributed by atoms with van der Waals surface area (Å²) in [6.45, 7) is 4.35. The molecule has 0 aliphatic rings. The molecule has 1 aromatic carbocycles. The number of esters is 1. The largest absolute Gasteiger partial charge is 0.493 e. The molecule has 0 spiro atoms. The Morgan fingerprint density at radius 2 is 1.79 bits per heavy atom. The van der Waals surface area contributed by atoms with E-state index in [1.807, 2.05) is 18.2 Å². The van der Waals surface area contributed by atoms with Gasteiger partial charge in [0.15, 0.2) is 16.6 Å². The Morgan fingerprint density at radius 3 is 2.50 bits per heavy atom. The third-order valence-corrected chi connectivity index (χ3v) is 5.94. The molecular formula is C23H24N6O4S. The van der Waals surface area contributed by atoms with Gasteiger partial charge in [-0.3, -0.25) is 10.3 Å². The van der Waals surface area contributed by atoms with Gasteiger partial charge in [-0.05, 0) is 37.6 Å². The normalized spacial score (nSPS) is 10.7. The number of ether oxygens (including phenoxy) is 3. The summed E-state index contributed by atoms with van der Waals surface area (Å²) in [5, 5.41) is 7.73. The number of fused-ring (bicyclic) bond motifs is 1. The molecule has 4 aromatic rings. The van der Waals surface area contributed by atoms with Gasteiger partial charge in [-0.25, -0.2) is 14.8 Å². The molecule has 4 rings (SSSR count). The lowest BCUT2D eigenvalue weighted by Crippen LogP contribution is -2.06. The van der Waals surface area contributed by atoms with E-state index in [1.54, 1.807) is 46.5 Å². The molecule has 0 bridgehead atoms. The van der Waals surface area contributed by atoms with Gasteiger partial charge in [0, 0.05) is 30.4 Å². The Morgan fingerprint density at radius 1 is 1.06 bits per heavy atom. The first-order valence-electron chi connectivity index (χ1n) is 10.5. The van der Waals surface area contributed by atoms with Crippen molar-refractivity contribution in [1.82, 2.24) is 19.9 Å². The molecule has 3 heterocycles. The first-order chi connectivity index (χ1) is 16.5. The van der Waals surface area contributed by atoms with Crippen molar-refractivity contribution < 1.29 is 19.0 Å². The van der Waals surface area contributed by atoms with Crippen molar-refractivity contribution in [1.29, 1.82) is 0 Å². The molecule has 0 atom stereocenters. The highest BCUT2D eigenvalue weighted by Crippen LogP contribution is 2.35. The van der Waals surface area contributed by atoms with Crippen molar-refractivity contribution in [2.75, 3.05) is 31.5 Å². The fraction of sp³-hybridized carbons (Fsp3) is 0.261. The monoisotopic (exact) mass is 480 g/mol. The molecule has 0 amide bonds. The van der Waals surface area contributed by atoms with Crippen molar-refractivity contribution in [2.24, 2.45) is 0 Å².